The van der Waals surface area contributed by atoms with Crippen LogP contribution in [0.2, 0.25) is 0 Å². The molecule has 0 saturated heterocycles. The Kier molecular flexibility index (Phi) is 2.21. The molecule has 4 saturated carbocycles. The molecule has 19 heavy (non-hydrogen) atoms. The van der Waals surface area contributed by atoms with Crippen molar-refractivity contribution in [3.8, 4) is 5.75 Å². The Morgan fingerprint density at radius 1 is 1.11 bits per heavy atom. The molecule has 1 N–H and O–H groups in total. The predicted octanol–water partition coefficient (Wildman–Crippen LogP) is 4.56. The number of hydrogen-bond donors (Lipinski definition) is 1. The van der Waals surface area contributed by atoms with Crippen LogP contribution in [-0.2, 0) is 5.41 Å². The van der Waals surface area contributed by atoms with Crippen LogP contribution in [0.5, 0.6) is 5.75 Å². The van der Waals surface area contributed by atoms with Gasteiger partial charge in [0.1, 0.15) is 5.75 Å². The van der Waals surface area contributed by atoms with Gasteiger partial charge >= 0.3 is 0 Å². The van der Waals surface area contributed by atoms with Crippen LogP contribution in [0, 0.1) is 24.2 Å². The van der Waals surface area contributed by atoms with Gasteiger partial charge in [0.2, 0.25) is 0 Å². The van der Waals surface area contributed by atoms with Crippen molar-refractivity contribution in [1.29, 1.82) is 0 Å². The van der Waals surface area contributed by atoms with E-state index in [4.69, 9.17) is 0 Å². The van der Waals surface area contributed by atoms with Crippen LogP contribution in [0.15, 0.2) is 18.2 Å². The van der Waals surface area contributed by atoms with E-state index in [9.17, 15) is 5.11 Å². The Labute approximate surface area is 116 Å². The van der Waals surface area contributed by atoms with E-state index >= 15 is 0 Å². The highest BCUT2D eigenvalue weighted by molar-refractivity contribution is 5.43. The molecule has 1 aromatic rings. The normalized spacial score (nSPS) is 43.7. The maximum absolute atomic E-state index is 10.4. The Morgan fingerprint density at radius 2 is 1.79 bits per heavy atom. The number of phenolic OH excluding ortho intramolecular Hbond substituents is 1. The first kappa shape index (κ1) is 11.8. The molecular formula is C18H24O. The average Bonchev–Trinajstić information content (AvgIpc) is 2.29. The molecule has 0 spiro atoms. The molecule has 0 aromatic heterocycles. The van der Waals surface area contributed by atoms with Crippen LogP contribution in [0.25, 0.3) is 0 Å². The lowest BCUT2D eigenvalue weighted by atomic mass is 9.43. The van der Waals surface area contributed by atoms with Crippen LogP contribution in [0.3, 0.4) is 0 Å². The van der Waals surface area contributed by atoms with E-state index in [1.807, 2.05) is 12.1 Å². The summed E-state index contributed by atoms with van der Waals surface area (Å²) < 4.78 is 0. The minimum Gasteiger partial charge on any atom is -0.508 e. The monoisotopic (exact) mass is 256 g/mol. The van der Waals surface area contributed by atoms with Gasteiger partial charge in [-0.3, -0.25) is 0 Å². The largest absolute Gasteiger partial charge is 0.508 e. The maximum Gasteiger partial charge on any atom is 0.119 e. The van der Waals surface area contributed by atoms with Gasteiger partial charge in [0.15, 0.2) is 0 Å². The van der Waals surface area contributed by atoms with Crippen molar-refractivity contribution in [2.75, 3.05) is 0 Å². The van der Waals surface area contributed by atoms with Gasteiger partial charge in [0.25, 0.3) is 0 Å². The standard InChI is InChI=1S/C18H24O/c1-12-3-4-16(19)15(5-12)18-9-13-6-14(10-18)8-17(2,7-13)11-18/h3-5,13-14,19H,6-11H2,1-2H3/t13-,14-,17?,18?/m0/s1. The van der Waals surface area contributed by atoms with Gasteiger partial charge in [0, 0.05) is 11.0 Å². The molecule has 4 aliphatic carbocycles. The zero-order chi connectivity index (χ0) is 13.3. The van der Waals surface area contributed by atoms with Crippen molar-refractivity contribution in [2.45, 2.75) is 57.8 Å². The topological polar surface area (TPSA) is 20.2 Å². The molecule has 0 heterocycles. The highest BCUT2D eigenvalue weighted by atomic mass is 16.3. The molecule has 4 bridgehead atoms. The third-order valence-electron chi connectivity index (χ3n) is 6.08. The lowest BCUT2D eigenvalue weighted by Crippen LogP contribution is -2.52. The Balaban J connectivity index is 1.83. The van der Waals surface area contributed by atoms with Crippen LogP contribution < -0.4 is 0 Å². The zero-order valence-electron chi connectivity index (χ0n) is 12.1. The van der Waals surface area contributed by atoms with E-state index in [0.29, 0.717) is 11.2 Å². The number of hydrogen-bond acceptors (Lipinski definition) is 1. The summed E-state index contributed by atoms with van der Waals surface area (Å²) >= 11 is 0. The summed E-state index contributed by atoms with van der Waals surface area (Å²) in [6.45, 7) is 4.64. The van der Waals surface area contributed by atoms with Crippen molar-refractivity contribution in [3.05, 3.63) is 29.3 Å². The van der Waals surface area contributed by atoms with Gasteiger partial charge in [-0.05, 0) is 68.8 Å². The van der Waals surface area contributed by atoms with Gasteiger partial charge < -0.3 is 5.11 Å². The SMILES string of the molecule is Cc1ccc(O)c(C23C[C@H]4C[C@@H](CC(C)(C4)C2)C3)c1. The Morgan fingerprint density at radius 3 is 2.42 bits per heavy atom. The predicted molar refractivity (Wildman–Crippen MR) is 77.3 cm³/mol. The van der Waals surface area contributed by atoms with Crippen molar-refractivity contribution in [2.24, 2.45) is 17.3 Å². The highest BCUT2D eigenvalue weighted by Crippen LogP contribution is 2.66. The summed E-state index contributed by atoms with van der Waals surface area (Å²) in [5, 5.41) is 10.4. The molecule has 2 atom stereocenters. The summed E-state index contributed by atoms with van der Waals surface area (Å²) in [5.41, 5.74) is 3.37. The van der Waals surface area contributed by atoms with E-state index < -0.39 is 0 Å². The third kappa shape index (κ3) is 1.67. The molecular weight excluding hydrogens is 232 g/mol. The van der Waals surface area contributed by atoms with Crippen molar-refractivity contribution in [1.82, 2.24) is 0 Å². The van der Waals surface area contributed by atoms with Crippen LogP contribution in [-0.4, -0.2) is 5.11 Å². The zero-order valence-corrected chi connectivity index (χ0v) is 12.1. The fourth-order valence-electron chi connectivity index (χ4n) is 6.11. The number of aryl methyl sites for hydroxylation is 1. The van der Waals surface area contributed by atoms with Gasteiger partial charge in [-0.15, -0.1) is 0 Å². The number of rotatable bonds is 1. The lowest BCUT2D eigenvalue weighted by molar-refractivity contribution is -0.0622. The van der Waals surface area contributed by atoms with E-state index in [1.165, 1.54) is 49.7 Å². The second-order valence-corrected chi connectivity index (χ2v) is 8.07. The molecule has 0 amide bonds. The number of aromatic hydroxyl groups is 1. The fraction of sp³-hybridized carbons (Fsp3) is 0.667. The quantitative estimate of drug-likeness (QED) is 0.781. The minimum atomic E-state index is 0.287. The van der Waals surface area contributed by atoms with Gasteiger partial charge in [0.05, 0.1) is 0 Å². The van der Waals surface area contributed by atoms with E-state index in [2.05, 4.69) is 19.9 Å². The molecule has 102 valence electrons. The summed E-state index contributed by atoms with van der Waals surface area (Å²) in [4.78, 5) is 0. The molecule has 0 unspecified atom stereocenters. The summed E-state index contributed by atoms with van der Waals surface area (Å²) in [6, 6.07) is 6.19. The van der Waals surface area contributed by atoms with E-state index in [-0.39, 0.29) is 5.41 Å². The van der Waals surface area contributed by atoms with Crippen LogP contribution in [0.1, 0.15) is 56.6 Å². The number of phenols is 1. The minimum absolute atomic E-state index is 0.287. The van der Waals surface area contributed by atoms with Gasteiger partial charge in [-0.2, -0.15) is 0 Å². The van der Waals surface area contributed by atoms with Gasteiger partial charge in [-0.1, -0.05) is 24.6 Å². The molecule has 0 radical (unpaired) electrons. The molecule has 0 aliphatic heterocycles. The second-order valence-electron chi connectivity index (χ2n) is 8.07. The van der Waals surface area contributed by atoms with Gasteiger partial charge in [-0.25, -0.2) is 0 Å². The summed E-state index contributed by atoms with van der Waals surface area (Å²) in [5.74, 6) is 2.36. The fourth-order valence-corrected chi connectivity index (χ4v) is 6.11. The maximum atomic E-state index is 10.4. The first-order valence-electron chi connectivity index (χ1n) is 7.78. The average molecular weight is 256 g/mol. The smallest absolute Gasteiger partial charge is 0.119 e. The molecule has 1 nitrogen and oxygen atoms in total. The molecule has 5 rings (SSSR count). The van der Waals surface area contributed by atoms with Crippen molar-refractivity contribution in [3.63, 3.8) is 0 Å². The number of benzene rings is 1. The van der Waals surface area contributed by atoms with Crippen LogP contribution >= 0.6 is 0 Å². The van der Waals surface area contributed by atoms with Crippen molar-refractivity contribution >= 4 is 0 Å². The van der Waals surface area contributed by atoms with E-state index in [0.717, 1.165) is 11.8 Å². The Hall–Kier alpha value is -0.980. The lowest BCUT2D eigenvalue weighted by Gasteiger charge is -2.61. The molecule has 1 aromatic carbocycles. The Bertz CT molecular complexity index is 516. The second kappa shape index (κ2) is 3.56. The van der Waals surface area contributed by atoms with E-state index in [1.54, 1.807) is 0 Å². The summed E-state index contributed by atoms with van der Waals surface area (Å²) in [7, 11) is 0. The highest BCUT2D eigenvalue weighted by Gasteiger charge is 2.56. The first-order chi connectivity index (χ1) is 8.98. The third-order valence-corrected chi connectivity index (χ3v) is 6.08. The summed E-state index contributed by atoms with van der Waals surface area (Å²) in [6.07, 6.45) is 8.23. The van der Waals surface area contributed by atoms with Crippen molar-refractivity contribution < 1.29 is 5.11 Å². The first-order valence-corrected chi connectivity index (χ1v) is 7.78. The molecule has 1 heteroatoms. The van der Waals surface area contributed by atoms with Crippen LogP contribution in [0.4, 0.5) is 0 Å². The molecule has 4 aliphatic rings. The molecule has 4 fully saturated rings.